The monoisotopic (exact) mass is 354 g/mol. The van der Waals surface area contributed by atoms with E-state index in [1.165, 1.54) is 12.7 Å². The van der Waals surface area contributed by atoms with E-state index in [0.29, 0.717) is 11.5 Å². The van der Waals surface area contributed by atoms with Gasteiger partial charge in [-0.3, -0.25) is 9.88 Å². The maximum Gasteiger partial charge on any atom is 0.337 e. The highest BCUT2D eigenvalue weighted by atomic mass is 16.5. The van der Waals surface area contributed by atoms with Gasteiger partial charge in [0.2, 0.25) is 0 Å². The van der Waals surface area contributed by atoms with Crippen LogP contribution in [0.3, 0.4) is 0 Å². The van der Waals surface area contributed by atoms with Crippen LogP contribution >= 0.6 is 0 Å². The Hall–Kier alpha value is -2.40. The molecule has 1 aliphatic heterocycles. The molecule has 0 bridgehead atoms. The first kappa shape index (κ1) is 18.4. The highest BCUT2D eigenvalue weighted by Crippen LogP contribution is 2.28. The van der Waals surface area contributed by atoms with Crippen LogP contribution in [0.25, 0.3) is 0 Å². The fraction of sp³-hybridized carbons (Fsp3) is 0.429. The number of methoxy groups -OCH3 is 2. The van der Waals surface area contributed by atoms with E-state index >= 15 is 0 Å². The minimum Gasteiger partial charge on any atom is -0.496 e. The average Bonchev–Trinajstić information content (AvgIpc) is 3.10. The second-order valence-corrected chi connectivity index (χ2v) is 6.88. The van der Waals surface area contributed by atoms with Gasteiger partial charge in [-0.25, -0.2) is 4.79 Å². The summed E-state index contributed by atoms with van der Waals surface area (Å²) in [5.41, 5.74) is 4.03. The van der Waals surface area contributed by atoms with Crippen LogP contribution in [0.15, 0.2) is 36.5 Å². The van der Waals surface area contributed by atoms with E-state index in [9.17, 15) is 4.79 Å². The highest BCUT2D eigenvalue weighted by molar-refractivity contribution is 5.89. The van der Waals surface area contributed by atoms with Crippen molar-refractivity contribution in [2.24, 2.45) is 5.92 Å². The van der Waals surface area contributed by atoms with Crippen molar-refractivity contribution in [3.63, 3.8) is 0 Å². The third-order valence-electron chi connectivity index (χ3n) is 5.07. The van der Waals surface area contributed by atoms with E-state index in [1.807, 2.05) is 24.4 Å². The summed E-state index contributed by atoms with van der Waals surface area (Å²) in [5, 5.41) is 0. The zero-order chi connectivity index (χ0) is 18.5. The Morgan fingerprint density at radius 2 is 2.15 bits per heavy atom. The molecule has 0 spiro atoms. The van der Waals surface area contributed by atoms with Crippen LogP contribution in [0.4, 0.5) is 0 Å². The lowest BCUT2D eigenvalue weighted by Gasteiger charge is -2.17. The summed E-state index contributed by atoms with van der Waals surface area (Å²) in [4.78, 5) is 18.8. The molecule has 1 fully saturated rings. The first-order valence-corrected chi connectivity index (χ1v) is 8.98. The van der Waals surface area contributed by atoms with Crippen molar-refractivity contribution >= 4 is 5.97 Å². The molecule has 0 amide bonds. The van der Waals surface area contributed by atoms with Gasteiger partial charge in [-0.15, -0.1) is 0 Å². The molecule has 1 aliphatic rings. The molecule has 3 rings (SSSR count). The van der Waals surface area contributed by atoms with Crippen molar-refractivity contribution < 1.29 is 14.3 Å². The largest absolute Gasteiger partial charge is 0.496 e. The fourth-order valence-corrected chi connectivity index (χ4v) is 3.61. The molecule has 0 N–H and O–H groups in total. The van der Waals surface area contributed by atoms with Crippen molar-refractivity contribution in [1.82, 2.24) is 9.88 Å². The van der Waals surface area contributed by atoms with E-state index in [2.05, 4.69) is 22.9 Å². The first-order valence-electron chi connectivity index (χ1n) is 8.98. The zero-order valence-electron chi connectivity index (χ0n) is 15.7. The second kappa shape index (κ2) is 8.32. The number of pyridine rings is 1. The Balaban J connectivity index is 1.66. The van der Waals surface area contributed by atoms with Crippen molar-refractivity contribution in [3.05, 3.63) is 58.9 Å². The van der Waals surface area contributed by atoms with Crippen LogP contribution in [0, 0.1) is 12.8 Å². The van der Waals surface area contributed by atoms with Gasteiger partial charge in [0.05, 0.1) is 25.5 Å². The van der Waals surface area contributed by atoms with Gasteiger partial charge >= 0.3 is 5.97 Å². The van der Waals surface area contributed by atoms with E-state index in [-0.39, 0.29) is 5.97 Å². The highest BCUT2D eigenvalue weighted by Gasteiger charge is 2.24. The minimum absolute atomic E-state index is 0.312. The van der Waals surface area contributed by atoms with Gasteiger partial charge in [-0.2, -0.15) is 0 Å². The molecule has 1 atom stereocenters. The molecule has 1 unspecified atom stereocenters. The Morgan fingerprint density at radius 3 is 2.88 bits per heavy atom. The maximum atomic E-state index is 11.8. The summed E-state index contributed by atoms with van der Waals surface area (Å²) < 4.78 is 10.3. The van der Waals surface area contributed by atoms with E-state index in [4.69, 9.17) is 9.47 Å². The smallest absolute Gasteiger partial charge is 0.337 e. The number of carbonyl (C=O) groups excluding carboxylic acids is 1. The molecule has 2 heterocycles. The molecule has 0 aliphatic carbocycles. The normalized spacial score (nSPS) is 17.3. The third kappa shape index (κ3) is 4.22. The van der Waals surface area contributed by atoms with E-state index < -0.39 is 0 Å². The zero-order valence-corrected chi connectivity index (χ0v) is 15.7. The predicted molar refractivity (Wildman–Crippen MR) is 100 cm³/mol. The Morgan fingerprint density at radius 1 is 1.31 bits per heavy atom. The molecule has 138 valence electrons. The van der Waals surface area contributed by atoms with Crippen LogP contribution in [0.1, 0.15) is 33.6 Å². The standard InChI is InChI=1S/C21H26N2O3/c1-15-5-4-9-22-19(15)14-23-10-8-16(13-23)11-18-12-17(21(24)26-3)6-7-20(18)25-2/h4-7,9,12,16H,8,10-11,13-14H2,1-3H3. The summed E-state index contributed by atoms with van der Waals surface area (Å²) in [6.07, 6.45) is 3.89. The van der Waals surface area contributed by atoms with Crippen molar-refractivity contribution in [3.8, 4) is 5.75 Å². The van der Waals surface area contributed by atoms with Gasteiger partial charge < -0.3 is 9.47 Å². The lowest BCUT2D eigenvalue weighted by molar-refractivity contribution is 0.0600. The fourth-order valence-electron chi connectivity index (χ4n) is 3.61. The maximum absolute atomic E-state index is 11.8. The summed E-state index contributed by atoms with van der Waals surface area (Å²) in [5.74, 6) is 1.06. The van der Waals surface area contributed by atoms with Crippen LogP contribution in [-0.2, 0) is 17.7 Å². The first-order chi connectivity index (χ1) is 12.6. The van der Waals surface area contributed by atoms with Crippen molar-refractivity contribution in [2.75, 3.05) is 27.3 Å². The lowest BCUT2D eigenvalue weighted by atomic mass is 9.96. The lowest BCUT2D eigenvalue weighted by Crippen LogP contribution is -2.22. The van der Waals surface area contributed by atoms with E-state index in [0.717, 1.165) is 49.5 Å². The number of likely N-dealkylation sites (tertiary alicyclic amines) is 1. The molecule has 2 aromatic rings. The number of benzene rings is 1. The van der Waals surface area contributed by atoms with Gasteiger partial charge in [0.1, 0.15) is 5.75 Å². The van der Waals surface area contributed by atoms with Crippen molar-refractivity contribution in [1.29, 1.82) is 0 Å². The molecular weight excluding hydrogens is 328 g/mol. The Kier molecular flexibility index (Phi) is 5.89. The molecule has 5 nitrogen and oxygen atoms in total. The number of hydrogen-bond donors (Lipinski definition) is 0. The number of nitrogens with zero attached hydrogens (tertiary/aromatic N) is 2. The molecule has 0 saturated carbocycles. The number of aryl methyl sites for hydroxylation is 1. The number of ether oxygens (including phenoxy) is 2. The molecule has 1 aromatic carbocycles. The quantitative estimate of drug-likeness (QED) is 0.746. The van der Waals surface area contributed by atoms with Crippen LogP contribution in [0.2, 0.25) is 0 Å². The Bertz CT molecular complexity index is 776. The van der Waals surface area contributed by atoms with Crippen LogP contribution in [0.5, 0.6) is 5.75 Å². The minimum atomic E-state index is -0.312. The van der Waals surface area contributed by atoms with Gasteiger partial charge in [0, 0.05) is 19.3 Å². The average molecular weight is 354 g/mol. The molecule has 26 heavy (non-hydrogen) atoms. The molecule has 0 radical (unpaired) electrons. The third-order valence-corrected chi connectivity index (χ3v) is 5.07. The predicted octanol–water partition coefficient (Wildman–Crippen LogP) is 3.25. The number of carbonyl (C=O) groups is 1. The van der Waals surface area contributed by atoms with Crippen LogP contribution in [-0.4, -0.2) is 43.2 Å². The summed E-state index contributed by atoms with van der Waals surface area (Å²) in [7, 11) is 3.07. The molecule has 5 heteroatoms. The number of aromatic nitrogens is 1. The topological polar surface area (TPSA) is 51.7 Å². The molecular formula is C21H26N2O3. The number of hydrogen-bond acceptors (Lipinski definition) is 5. The van der Waals surface area contributed by atoms with Crippen LogP contribution < -0.4 is 4.74 Å². The Labute approximate surface area is 155 Å². The summed E-state index contributed by atoms with van der Waals surface area (Å²) in [6, 6.07) is 9.59. The summed E-state index contributed by atoms with van der Waals surface area (Å²) in [6.45, 7) is 5.10. The number of esters is 1. The van der Waals surface area contributed by atoms with Gasteiger partial charge in [0.15, 0.2) is 0 Å². The summed E-state index contributed by atoms with van der Waals surface area (Å²) >= 11 is 0. The molecule has 1 aromatic heterocycles. The SMILES string of the molecule is COC(=O)c1ccc(OC)c(CC2CCN(Cc3ncccc3C)C2)c1. The number of rotatable bonds is 6. The van der Waals surface area contributed by atoms with Gasteiger partial charge in [0.25, 0.3) is 0 Å². The van der Waals surface area contributed by atoms with Gasteiger partial charge in [-0.1, -0.05) is 6.07 Å². The molecule has 1 saturated heterocycles. The van der Waals surface area contributed by atoms with E-state index in [1.54, 1.807) is 13.2 Å². The second-order valence-electron chi connectivity index (χ2n) is 6.88. The van der Waals surface area contributed by atoms with Crippen molar-refractivity contribution in [2.45, 2.75) is 26.3 Å². The van der Waals surface area contributed by atoms with Gasteiger partial charge in [-0.05, 0) is 67.6 Å².